The Kier molecular flexibility index (Phi) is 6.86. The van der Waals surface area contributed by atoms with E-state index in [-0.39, 0.29) is 11.6 Å². The van der Waals surface area contributed by atoms with Crippen LogP contribution in [-0.2, 0) is 9.63 Å². The molecule has 2 aromatic carbocycles. The van der Waals surface area contributed by atoms with E-state index in [4.69, 9.17) is 21.2 Å². The molecule has 0 saturated heterocycles. The number of carbonyl (C=O) groups is 2. The minimum atomic E-state index is -0.615. The smallest absolute Gasteiger partial charge is 0.335 e. The Balaban J connectivity index is 1.53. The monoisotopic (exact) mass is 504 g/mol. The molecule has 2 heterocycles. The van der Waals surface area contributed by atoms with Crippen LogP contribution in [-0.4, -0.2) is 33.8 Å². The van der Waals surface area contributed by atoms with Gasteiger partial charge in [-0.3, -0.25) is 9.78 Å². The molecule has 1 aliphatic rings. The van der Waals surface area contributed by atoms with E-state index in [0.717, 1.165) is 43.1 Å². The van der Waals surface area contributed by atoms with E-state index in [2.05, 4.69) is 15.6 Å². The fourth-order valence-electron chi connectivity index (χ4n) is 4.59. The number of methoxy groups -OCH3 is 1. The number of ether oxygens (including phenoxy) is 1. The maximum Gasteiger partial charge on any atom is 0.335 e. The van der Waals surface area contributed by atoms with Gasteiger partial charge in [-0.25, -0.2) is 9.48 Å². The van der Waals surface area contributed by atoms with Crippen molar-refractivity contribution in [2.45, 2.75) is 32.1 Å². The van der Waals surface area contributed by atoms with Crippen molar-refractivity contribution in [3.8, 4) is 22.7 Å². The van der Waals surface area contributed by atoms with Crippen LogP contribution in [0.2, 0.25) is 5.02 Å². The predicted molar refractivity (Wildman–Crippen MR) is 136 cm³/mol. The molecule has 0 spiro atoms. The van der Waals surface area contributed by atoms with Crippen LogP contribution in [0.1, 0.15) is 42.6 Å². The van der Waals surface area contributed by atoms with Crippen molar-refractivity contribution in [1.29, 1.82) is 0 Å². The number of para-hydroxylation sites is 1. The summed E-state index contributed by atoms with van der Waals surface area (Å²) >= 11 is 6.17. The summed E-state index contributed by atoms with van der Waals surface area (Å²) in [6.07, 6.45) is 6.32. The molecule has 9 heteroatoms. The number of benzene rings is 2. The number of rotatable bonds is 5. The lowest BCUT2D eigenvalue weighted by molar-refractivity contribution is -0.155. The van der Waals surface area contributed by atoms with Crippen molar-refractivity contribution < 1.29 is 19.2 Å². The molecule has 0 radical (unpaired) electrons. The van der Waals surface area contributed by atoms with Gasteiger partial charge in [-0.1, -0.05) is 43.0 Å². The summed E-state index contributed by atoms with van der Waals surface area (Å²) in [7, 11) is 1.59. The minimum Gasteiger partial charge on any atom is -0.496 e. The number of hydrogen-bond donors (Lipinski definition) is 1. The highest BCUT2D eigenvalue weighted by atomic mass is 35.5. The third-order valence-corrected chi connectivity index (χ3v) is 6.65. The highest BCUT2D eigenvalue weighted by Crippen LogP contribution is 2.34. The van der Waals surface area contributed by atoms with Crippen LogP contribution in [0, 0.1) is 5.92 Å². The number of halogens is 1. The average Bonchev–Trinajstić information content (AvgIpc) is 3.36. The Morgan fingerprint density at radius 3 is 2.67 bits per heavy atom. The van der Waals surface area contributed by atoms with Crippen molar-refractivity contribution in [3.05, 3.63) is 71.5 Å². The summed E-state index contributed by atoms with van der Waals surface area (Å²) in [5, 5.41) is 5.96. The molecule has 8 nitrogen and oxygen atoms in total. The van der Waals surface area contributed by atoms with E-state index in [1.165, 1.54) is 0 Å². The van der Waals surface area contributed by atoms with Crippen LogP contribution in [0.4, 0.5) is 0 Å². The van der Waals surface area contributed by atoms with E-state index >= 15 is 0 Å². The average molecular weight is 505 g/mol. The normalized spacial score (nSPS) is 13.9. The zero-order chi connectivity index (χ0) is 25.1. The van der Waals surface area contributed by atoms with Gasteiger partial charge in [-0.05, 0) is 55.3 Å². The number of aromatic nitrogens is 3. The number of amides is 1. The molecular formula is C27H25ClN4O4. The predicted octanol–water partition coefficient (Wildman–Crippen LogP) is 5.52. The van der Waals surface area contributed by atoms with Crippen LogP contribution in [0.15, 0.2) is 60.8 Å². The summed E-state index contributed by atoms with van der Waals surface area (Å²) in [5.41, 5.74) is 5.13. The fourth-order valence-corrected chi connectivity index (χ4v) is 4.75. The highest BCUT2D eigenvalue weighted by molar-refractivity contribution is 6.31. The second-order valence-corrected chi connectivity index (χ2v) is 9.14. The van der Waals surface area contributed by atoms with Gasteiger partial charge in [0.1, 0.15) is 5.75 Å². The molecule has 1 amide bonds. The van der Waals surface area contributed by atoms with Crippen molar-refractivity contribution in [3.63, 3.8) is 0 Å². The molecule has 0 unspecified atom stereocenters. The number of nitrogens with zero attached hydrogens (tertiary/aromatic N) is 3. The Labute approximate surface area is 213 Å². The Bertz CT molecular complexity index is 1430. The topological polar surface area (TPSA) is 95.3 Å². The van der Waals surface area contributed by atoms with Gasteiger partial charge in [0, 0.05) is 22.2 Å². The second-order valence-electron chi connectivity index (χ2n) is 8.71. The summed E-state index contributed by atoms with van der Waals surface area (Å²) < 4.78 is 7.23. The highest BCUT2D eigenvalue weighted by Gasteiger charge is 2.25. The van der Waals surface area contributed by atoms with Crippen molar-refractivity contribution in [1.82, 2.24) is 20.2 Å². The molecule has 2 aromatic heterocycles. The molecule has 5 rings (SSSR count). The number of hydroxylamine groups is 1. The molecule has 1 N–H and O–H groups in total. The van der Waals surface area contributed by atoms with E-state index in [9.17, 15) is 9.59 Å². The summed E-state index contributed by atoms with van der Waals surface area (Å²) in [6, 6.07) is 16.3. The first-order valence-electron chi connectivity index (χ1n) is 11.8. The third kappa shape index (κ3) is 4.77. The lowest BCUT2D eigenvalue weighted by atomic mass is 9.89. The summed E-state index contributed by atoms with van der Waals surface area (Å²) in [6.45, 7) is 0. The largest absolute Gasteiger partial charge is 0.496 e. The zero-order valence-corrected chi connectivity index (χ0v) is 20.5. The molecule has 0 atom stereocenters. The summed E-state index contributed by atoms with van der Waals surface area (Å²) in [4.78, 5) is 35.0. The quantitative estimate of drug-likeness (QED) is 0.360. The van der Waals surface area contributed by atoms with Crippen molar-refractivity contribution in [2.75, 3.05) is 7.11 Å². The first kappa shape index (κ1) is 23.8. The van der Waals surface area contributed by atoms with E-state index in [1.807, 2.05) is 36.4 Å². The lowest BCUT2D eigenvalue weighted by Gasteiger charge is -2.19. The molecular weight excluding hydrogens is 480 g/mol. The van der Waals surface area contributed by atoms with Gasteiger partial charge in [0.05, 0.1) is 29.9 Å². The second kappa shape index (κ2) is 10.4. The van der Waals surface area contributed by atoms with Gasteiger partial charge < -0.3 is 9.57 Å². The maximum absolute atomic E-state index is 13.0. The Morgan fingerprint density at radius 2 is 1.86 bits per heavy atom. The first-order valence-corrected chi connectivity index (χ1v) is 12.2. The van der Waals surface area contributed by atoms with Gasteiger partial charge in [0.25, 0.3) is 0 Å². The van der Waals surface area contributed by atoms with E-state index < -0.39 is 11.9 Å². The third-order valence-electron chi connectivity index (χ3n) is 6.42. The van der Waals surface area contributed by atoms with Gasteiger partial charge >= 0.3 is 11.9 Å². The number of hydrogen-bond acceptors (Lipinski definition) is 6. The minimum absolute atomic E-state index is 0.0891. The molecule has 36 heavy (non-hydrogen) atoms. The maximum atomic E-state index is 13.0. The van der Waals surface area contributed by atoms with Gasteiger partial charge in [-0.15, -0.1) is 0 Å². The SMILES string of the molecule is COc1ccccc1-c1cc(C(=O)NOC(=O)C2CCCCC2)nn1-c1ccnc2cc(Cl)ccc12. The van der Waals surface area contributed by atoms with Gasteiger partial charge in [0.15, 0.2) is 5.69 Å². The number of nitrogens with one attached hydrogen (secondary N) is 1. The number of fused-ring (bicyclic) bond motifs is 1. The van der Waals surface area contributed by atoms with E-state index in [0.29, 0.717) is 27.7 Å². The molecule has 184 valence electrons. The molecule has 0 aliphatic heterocycles. The molecule has 1 fully saturated rings. The Hall–Kier alpha value is -3.91. The first-order chi connectivity index (χ1) is 17.5. The lowest BCUT2D eigenvalue weighted by Crippen LogP contribution is -2.31. The van der Waals surface area contributed by atoms with Crippen LogP contribution in [0.5, 0.6) is 5.75 Å². The van der Waals surface area contributed by atoms with Crippen LogP contribution < -0.4 is 10.2 Å². The van der Waals surface area contributed by atoms with Crippen LogP contribution in [0.3, 0.4) is 0 Å². The molecule has 4 aromatic rings. The van der Waals surface area contributed by atoms with Crippen molar-refractivity contribution >= 4 is 34.4 Å². The van der Waals surface area contributed by atoms with Crippen molar-refractivity contribution in [2.24, 2.45) is 5.92 Å². The molecule has 0 bridgehead atoms. The van der Waals surface area contributed by atoms with E-state index in [1.54, 1.807) is 36.2 Å². The number of carbonyl (C=O) groups excluding carboxylic acids is 2. The fraction of sp³-hybridized carbons (Fsp3) is 0.259. The molecule has 1 aliphatic carbocycles. The van der Waals surface area contributed by atoms with Gasteiger partial charge in [-0.2, -0.15) is 10.6 Å². The summed E-state index contributed by atoms with van der Waals surface area (Å²) in [5.74, 6) is -0.591. The zero-order valence-electron chi connectivity index (χ0n) is 19.7. The standard InChI is InChI=1S/C27H25ClN4O4/c1-35-25-10-6-5-9-20(25)24-16-22(26(33)31-36-27(34)17-7-3-2-4-8-17)30-32(24)23-13-14-29-21-15-18(28)11-12-19(21)23/h5-6,9-17H,2-4,7-8H2,1H3,(H,31,33). The Morgan fingerprint density at radius 1 is 1.06 bits per heavy atom. The van der Waals surface area contributed by atoms with Crippen LogP contribution >= 0.6 is 11.6 Å². The number of pyridine rings is 1. The van der Waals surface area contributed by atoms with Gasteiger partial charge in [0.2, 0.25) is 0 Å². The molecule has 1 saturated carbocycles. The van der Waals surface area contributed by atoms with Crippen LogP contribution in [0.25, 0.3) is 27.8 Å².